The van der Waals surface area contributed by atoms with Crippen LogP contribution in [0, 0.1) is 13.8 Å². The maximum Gasteiger partial charge on any atom is 0.193 e. The number of nitrogens with one attached hydrogen (secondary N) is 1. The Morgan fingerprint density at radius 1 is 1.04 bits per heavy atom. The highest BCUT2D eigenvalue weighted by Crippen LogP contribution is 2.15. The molecule has 0 atom stereocenters. The number of pyridine rings is 1. The van der Waals surface area contributed by atoms with E-state index in [2.05, 4.69) is 35.2 Å². The Hall–Kier alpha value is -3.34. The van der Waals surface area contributed by atoms with Crippen LogP contribution in [0.25, 0.3) is 0 Å². The number of aromatic nitrogens is 1. The van der Waals surface area contributed by atoms with Gasteiger partial charge in [0.1, 0.15) is 12.4 Å². The van der Waals surface area contributed by atoms with Gasteiger partial charge in [-0.15, -0.1) is 0 Å². The van der Waals surface area contributed by atoms with Crippen LogP contribution in [0.5, 0.6) is 5.75 Å². The minimum Gasteiger partial charge on any atom is -0.487 e. The molecule has 3 aromatic rings. The zero-order valence-corrected chi connectivity index (χ0v) is 15.6. The molecule has 0 radical (unpaired) electrons. The summed E-state index contributed by atoms with van der Waals surface area (Å²) < 4.78 is 5.74. The highest BCUT2D eigenvalue weighted by Gasteiger charge is 2.00. The second kappa shape index (κ2) is 8.85. The first-order valence-electron chi connectivity index (χ1n) is 8.85. The summed E-state index contributed by atoms with van der Waals surface area (Å²) in [6, 6.07) is 19.8. The monoisotopic (exact) mass is 360 g/mol. The van der Waals surface area contributed by atoms with Crippen molar-refractivity contribution in [3.63, 3.8) is 0 Å². The third-order valence-corrected chi connectivity index (χ3v) is 3.96. The number of anilines is 1. The molecule has 0 aliphatic heterocycles. The van der Waals surface area contributed by atoms with E-state index < -0.39 is 0 Å². The molecular weight excluding hydrogens is 336 g/mol. The highest BCUT2D eigenvalue weighted by molar-refractivity contribution is 5.92. The number of nitrogens with zero attached hydrogens (tertiary/aromatic N) is 2. The van der Waals surface area contributed by atoms with Gasteiger partial charge in [-0.3, -0.25) is 4.98 Å². The largest absolute Gasteiger partial charge is 0.487 e. The zero-order chi connectivity index (χ0) is 19.1. The van der Waals surface area contributed by atoms with Crippen molar-refractivity contribution in [2.24, 2.45) is 10.7 Å². The summed E-state index contributed by atoms with van der Waals surface area (Å²) in [6.45, 7) is 5.07. The lowest BCUT2D eigenvalue weighted by molar-refractivity contribution is 0.301. The third-order valence-electron chi connectivity index (χ3n) is 3.96. The third kappa shape index (κ3) is 5.85. The molecule has 0 aliphatic rings. The van der Waals surface area contributed by atoms with Gasteiger partial charge in [0, 0.05) is 11.9 Å². The van der Waals surface area contributed by atoms with Gasteiger partial charge in [-0.05, 0) is 66.9 Å². The average molecular weight is 360 g/mol. The van der Waals surface area contributed by atoms with Gasteiger partial charge in [-0.25, -0.2) is 4.99 Å². The molecule has 0 saturated heterocycles. The maximum atomic E-state index is 6.00. The van der Waals surface area contributed by atoms with Crippen LogP contribution in [-0.4, -0.2) is 10.9 Å². The van der Waals surface area contributed by atoms with E-state index in [1.807, 2.05) is 54.6 Å². The lowest BCUT2D eigenvalue weighted by Gasteiger charge is -2.08. The van der Waals surface area contributed by atoms with Crippen LogP contribution in [0.3, 0.4) is 0 Å². The van der Waals surface area contributed by atoms with Gasteiger partial charge >= 0.3 is 0 Å². The Bertz CT molecular complexity index is 885. The van der Waals surface area contributed by atoms with Gasteiger partial charge < -0.3 is 15.8 Å². The van der Waals surface area contributed by atoms with Crippen molar-refractivity contribution in [1.82, 2.24) is 4.98 Å². The molecule has 2 aromatic carbocycles. The van der Waals surface area contributed by atoms with Gasteiger partial charge in [0.25, 0.3) is 0 Å². The van der Waals surface area contributed by atoms with Crippen molar-refractivity contribution in [3.8, 4) is 5.75 Å². The van der Waals surface area contributed by atoms with E-state index in [9.17, 15) is 0 Å². The van der Waals surface area contributed by atoms with Gasteiger partial charge in [-0.1, -0.05) is 24.3 Å². The Balaban J connectivity index is 1.53. The molecule has 0 spiro atoms. The number of ether oxygens (including phenoxy) is 1. The molecule has 138 valence electrons. The zero-order valence-electron chi connectivity index (χ0n) is 15.6. The van der Waals surface area contributed by atoms with E-state index in [1.165, 1.54) is 11.1 Å². The molecule has 0 amide bonds. The lowest BCUT2D eigenvalue weighted by atomic mass is 10.1. The molecule has 0 unspecified atom stereocenters. The molecular formula is C22H24N4O. The summed E-state index contributed by atoms with van der Waals surface area (Å²) in [5.41, 5.74) is 11.3. The van der Waals surface area contributed by atoms with Crippen molar-refractivity contribution in [2.45, 2.75) is 27.0 Å². The number of benzene rings is 2. The molecule has 5 nitrogen and oxygen atoms in total. The average Bonchev–Trinajstić information content (AvgIpc) is 2.65. The van der Waals surface area contributed by atoms with Crippen molar-refractivity contribution in [2.75, 3.05) is 5.32 Å². The molecule has 0 aliphatic carbocycles. The second-order valence-corrected chi connectivity index (χ2v) is 6.46. The maximum absolute atomic E-state index is 6.00. The Kier molecular flexibility index (Phi) is 6.05. The summed E-state index contributed by atoms with van der Waals surface area (Å²) >= 11 is 0. The summed E-state index contributed by atoms with van der Waals surface area (Å²) in [4.78, 5) is 8.65. The molecule has 1 heterocycles. The van der Waals surface area contributed by atoms with Crippen molar-refractivity contribution >= 4 is 11.6 Å². The second-order valence-electron chi connectivity index (χ2n) is 6.46. The molecule has 0 fully saturated rings. The number of rotatable bonds is 6. The van der Waals surface area contributed by atoms with Gasteiger partial charge in [0.05, 0.1) is 12.2 Å². The summed E-state index contributed by atoms with van der Waals surface area (Å²) in [5, 5.41) is 3.14. The lowest BCUT2D eigenvalue weighted by Crippen LogP contribution is -2.22. The molecule has 5 heteroatoms. The van der Waals surface area contributed by atoms with Crippen molar-refractivity contribution in [1.29, 1.82) is 0 Å². The Labute approximate surface area is 159 Å². The van der Waals surface area contributed by atoms with E-state index in [0.717, 1.165) is 22.7 Å². The Morgan fingerprint density at radius 2 is 1.78 bits per heavy atom. The van der Waals surface area contributed by atoms with Crippen LogP contribution in [0.4, 0.5) is 5.69 Å². The minimum atomic E-state index is 0.399. The SMILES string of the molecule is Cc1cc(C)cc(NC(N)=NCc2ccc(OCc3ccccn3)cc2)c1. The van der Waals surface area contributed by atoms with Gasteiger partial charge in [0.15, 0.2) is 5.96 Å². The summed E-state index contributed by atoms with van der Waals surface area (Å²) in [7, 11) is 0. The fourth-order valence-electron chi connectivity index (χ4n) is 2.74. The van der Waals surface area contributed by atoms with Crippen LogP contribution in [0.1, 0.15) is 22.4 Å². The van der Waals surface area contributed by atoms with Crippen LogP contribution >= 0.6 is 0 Å². The van der Waals surface area contributed by atoms with Crippen molar-refractivity contribution < 1.29 is 4.74 Å². The van der Waals surface area contributed by atoms with E-state index >= 15 is 0 Å². The number of hydrogen-bond donors (Lipinski definition) is 2. The standard InChI is InChI=1S/C22H24N4O/c1-16-11-17(2)13-20(12-16)26-22(23)25-14-18-6-8-21(9-7-18)27-15-19-5-3-4-10-24-19/h3-13H,14-15H2,1-2H3,(H3,23,25,26). The van der Waals surface area contributed by atoms with Gasteiger partial charge in [0.2, 0.25) is 0 Å². The molecule has 0 saturated carbocycles. The van der Waals surface area contributed by atoms with Crippen LogP contribution in [0.15, 0.2) is 71.9 Å². The molecule has 0 bridgehead atoms. The predicted octanol–water partition coefficient (Wildman–Crippen LogP) is 4.20. The number of aliphatic imine (C=N–C) groups is 1. The first kappa shape index (κ1) is 18.5. The fraction of sp³-hybridized carbons (Fsp3) is 0.182. The topological polar surface area (TPSA) is 72.5 Å². The highest BCUT2D eigenvalue weighted by atomic mass is 16.5. The van der Waals surface area contributed by atoms with E-state index in [0.29, 0.717) is 19.1 Å². The van der Waals surface area contributed by atoms with Crippen LogP contribution in [-0.2, 0) is 13.2 Å². The fourth-order valence-corrected chi connectivity index (χ4v) is 2.74. The number of guanidine groups is 1. The quantitative estimate of drug-likeness (QED) is 0.510. The molecule has 3 N–H and O–H groups in total. The van der Waals surface area contributed by atoms with E-state index in [4.69, 9.17) is 10.5 Å². The number of hydrogen-bond acceptors (Lipinski definition) is 3. The van der Waals surface area contributed by atoms with Crippen LogP contribution in [0.2, 0.25) is 0 Å². The Morgan fingerprint density at radius 3 is 2.44 bits per heavy atom. The predicted molar refractivity (Wildman–Crippen MR) is 110 cm³/mol. The first-order valence-corrected chi connectivity index (χ1v) is 8.85. The van der Waals surface area contributed by atoms with Gasteiger partial charge in [-0.2, -0.15) is 0 Å². The first-order chi connectivity index (χ1) is 13.1. The molecule has 1 aromatic heterocycles. The smallest absolute Gasteiger partial charge is 0.193 e. The van der Waals surface area contributed by atoms with E-state index in [-0.39, 0.29) is 0 Å². The van der Waals surface area contributed by atoms with Crippen molar-refractivity contribution in [3.05, 3.63) is 89.2 Å². The summed E-state index contributed by atoms with van der Waals surface area (Å²) in [5.74, 6) is 1.20. The minimum absolute atomic E-state index is 0.399. The van der Waals surface area contributed by atoms with Crippen LogP contribution < -0.4 is 15.8 Å². The van der Waals surface area contributed by atoms with E-state index in [1.54, 1.807) is 6.20 Å². The molecule has 27 heavy (non-hydrogen) atoms. The number of aryl methyl sites for hydroxylation is 2. The summed E-state index contributed by atoms with van der Waals surface area (Å²) in [6.07, 6.45) is 1.76. The number of nitrogens with two attached hydrogens (primary N) is 1. The molecule has 3 rings (SSSR count). The normalized spacial score (nSPS) is 11.3.